The lowest BCUT2D eigenvalue weighted by molar-refractivity contribution is -0.137. The van der Waals surface area contributed by atoms with Crippen LogP contribution in [0.15, 0.2) is 12.8 Å². The zero-order valence-corrected chi connectivity index (χ0v) is 36.1. The van der Waals surface area contributed by atoms with Crippen molar-refractivity contribution < 1.29 is 49.6 Å². The third-order valence-electron chi connectivity index (χ3n) is 8.02. The zero-order chi connectivity index (χ0) is 46.2. The fourth-order valence-electron chi connectivity index (χ4n) is 4.48. The van der Waals surface area contributed by atoms with Gasteiger partial charge in [0.2, 0.25) is 17.7 Å². The molecule has 19 nitrogen and oxygen atoms in total. The van der Waals surface area contributed by atoms with Crippen LogP contribution >= 0.6 is 0 Å². The van der Waals surface area contributed by atoms with Gasteiger partial charge in [0, 0.05) is 34.1 Å². The van der Waals surface area contributed by atoms with Crippen molar-refractivity contribution in [3.8, 4) is 0 Å². The minimum atomic E-state index is -0.869. The van der Waals surface area contributed by atoms with E-state index in [0.717, 1.165) is 12.8 Å². The lowest BCUT2D eigenvalue weighted by Gasteiger charge is -2.11. The Morgan fingerprint density at radius 2 is 0.860 bits per heavy atom. The summed E-state index contributed by atoms with van der Waals surface area (Å²) in [5.74, 6) is 3.78. The molecule has 57 heavy (non-hydrogen) atoms. The number of nitrogens with one attached hydrogen (secondary N) is 8. The molecule has 19 heteroatoms. The Labute approximate surface area is 341 Å². The maximum atomic E-state index is 11.0. The van der Waals surface area contributed by atoms with E-state index in [1.807, 2.05) is 12.5 Å². The number of nitrogens with two attached hydrogens (primary N) is 1. The number of hydrazine groups is 1. The van der Waals surface area contributed by atoms with Crippen LogP contribution < -0.4 is 48.5 Å². The molecule has 0 aliphatic rings. The fourth-order valence-corrected chi connectivity index (χ4v) is 4.48. The summed E-state index contributed by atoms with van der Waals surface area (Å²) in [6.07, 6.45) is 6.11. The molecule has 0 aromatic rings. The van der Waals surface area contributed by atoms with E-state index in [4.69, 9.17) is 12.3 Å². The molecule has 0 bridgehead atoms. The predicted molar refractivity (Wildman–Crippen MR) is 222 cm³/mol. The molecule has 0 rings (SSSR count). The summed E-state index contributed by atoms with van der Waals surface area (Å²) in [4.78, 5) is 96.8. The summed E-state index contributed by atoms with van der Waals surface area (Å²) in [5, 5.41) is 27.3. The molecule has 0 radical (unpaired) electrons. The van der Waals surface area contributed by atoms with Gasteiger partial charge in [0.05, 0.1) is 30.2 Å². The monoisotopic (exact) mass is 819 g/mol. The molecule has 0 aliphatic carbocycles. The van der Waals surface area contributed by atoms with Crippen molar-refractivity contribution in [3.63, 3.8) is 0 Å². The van der Waals surface area contributed by atoms with Crippen molar-refractivity contribution in [2.24, 2.45) is 5.84 Å². The highest BCUT2D eigenvalue weighted by Gasteiger charge is 2.15. The first kappa shape index (κ1) is 59.4. The summed E-state index contributed by atoms with van der Waals surface area (Å²) >= 11 is 0. The van der Waals surface area contributed by atoms with Crippen LogP contribution in [0.1, 0.15) is 107 Å². The smallest absolute Gasteiger partial charge is 0.303 e. The number of aliphatic carboxylic acids is 1. The number of likely N-dealkylation sites (N-methyl/N-ethyl adjacent to an activating group) is 5. The van der Waals surface area contributed by atoms with E-state index < -0.39 is 5.97 Å². The summed E-state index contributed by atoms with van der Waals surface area (Å²) in [6, 6.07) is -0.963. The van der Waals surface area contributed by atoms with Crippen molar-refractivity contribution in [2.45, 2.75) is 136 Å². The highest BCUT2D eigenvalue weighted by atomic mass is 16.4. The number of carboxylic acids is 1. The van der Waals surface area contributed by atoms with E-state index in [9.17, 15) is 43.2 Å². The van der Waals surface area contributed by atoms with Gasteiger partial charge >= 0.3 is 5.97 Å². The summed E-state index contributed by atoms with van der Waals surface area (Å²) < 4.78 is 6.73. The molecule has 0 saturated carbocycles. The molecule has 0 heterocycles. The minimum absolute atomic E-state index is 0.0197. The molecule has 0 spiro atoms. The first-order chi connectivity index (χ1) is 27.1. The van der Waals surface area contributed by atoms with Gasteiger partial charge in [-0.1, -0.05) is 19.9 Å². The molecule has 0 aromatic heterocycles. The molecule has 0 aromatic carbocycles. The Morgan fingerprint density at radius 1 is 0.561 bits per heavy atom. The Bertz CT molecular complexity index is 1230. The number of hydrogen-bond donors (Lipinski definition) is 10. The fraction of sp³-hybridized carbons (Fsp3) is 0.711. The second kappa shape index (κ2) is 41.4. The first-order valence-corrected chi connectivity index (χ1v) is 18.7. The standard InChI is InChI=1S/C9H16N2O2.C8H16N2O2.C7H15N3O2.C7H13NO3.C7H15NO/c1-4-11-9(13)6-5-8(10-3)7(2)12;1-6(11)7(9-2)4-5-8(12)10-3;1-5(11)6(9-2)3-4-7(12)10-8;1-5(9)6(8-2)3-4-7(10)11;1-4-5-7(8-3)6(2)9/h4,8,10H,1,5-6H2,2-3H3,(H,11,13);7,9H,4-5H2,1-3H3,(H,10,12);6,9H,3-4,8H2,1-2H3,(H,10,12);6,8H,3-4H2,1-2H3,(H,10,11);7-8H,4-5H2,1-3H3/i;3D;;;. The number of hydrogen-bond acceptors (Lipinski definition) is 15. The molecule has 3 amide bonds. The third kappa shape index (κ3) is 41.2. The normalized spacial score (nSPS) is 12.6. The molecule has 5 atom stereocenters. The average Bonchev–Trinajstić information content (AvgIpc) is 3.15. The summed E-state index contributed by atoms with van der Waals surface area (Å²) in [5.41, 5.74) is 2.01. The number of ketones is 5. The van der Waals surface area contributed by atoms with Crippen LogP contribution in [0.4, 0.5) is 0 Å². The van der Waals surface area contributed by atoms with Crippen LogP contribution in [0.5, 0.6) is 0 Å². The topological polar surface area (TPSA) is 296 Å². The Morgan fingerprint density at radius 3 is 1.09 bits per heavy atom. The summed E-state index contributed by atoms with van der Waals surface area (Å²) in [7, 11) is 8.44. The van der Waals surface area contributed by atoms with E-state index in [1.165, 1.54) is 33.9 Å². The molecule has 0 fully saturated rings. The first-order valence-electron chi connectivity index (χ1n) is 19.4. The SMILES string of the molecule is C=CNC(=O)CCC(NC)C(C)=O.CCCC(NC)C(C)=O.CNC(CCC(=O)NN)C(C)=O.CNC(CCC(=O)O)C(C)=O.[2H]CNC(=O)CCC(NC)C(C)=O. The Balaban J connectivity index is -0.000000203. The van der Waals surface area contributed by atoms with Crippen LogP contribution in [0, 0.1) is 0 Å². The molecular weight excluding hydrogens is 742 g/mol. The largest absolute Gasteiger partial charge is 0.481 e. The van der Waals surface area contributed by atoms with Gasteiger partial charge in [-0.3, -0.25) is 48.6 Å². The maximum absolute atomic E-state index is 11.0. The number of carbonyl (C=O) groups is 9. The highest BCUT2D eigenvalue weighted by molar-refractivity contribution is 5.84. The number of carbonyl (C=O) groups excluding carboxylic acids is 8. The minimum Gasteiger partial charge on any atom is -0.481 e. The second-order valence-electron chi connectivity index (χ2n) is 12.5. The molecule has 0 aliphatic heterocycles. The van der Waals surface area contributed by atoms with Gasteiger partial charge in [0.25, 0.3) is 0 Å². The molecule has 11 N–H and O–H groups in total. The van der Waals surface area contributed by atoms with Crippen LogP contribution in [-0.2, 0) is 43.2 Å². The summed E-state index contributed by atoms with van der Waals surface area (Å²) in [6.45, 7) is 13.0. The van der Waals surface area contributed by atoms with Crippen LogP contribution in [-0.4, -0.2) is 130 Å². The van der Waals surface area contributed by atoms with Crippen molar-refractivity contribution >= 4 is 52.6 Å². The van der Waals surface area contributed by atoms with Gasteiger partial charge in [0.15, 0.2) is 0 Å². The highest BCUT2D eigenvalue weighted by Crippen LogP contribution is 2.00. The number of rotatable bonds is 25. The lowest BCUT2D eigenvalue weighted by atomic mass is 10.1. The molecule has 5 unspecified atom stereocenters. The molecule has 332 valence electrons. The quantitative estimate of drug-likeness (QED) is 0.0325. The predicted octanol–water partition coefficient (Wildman–Crippen LogP) is -0.182. The van der Waals surface area contributed by atoms with Crippen LogP contribution in [0.3, 0.4) is 0 Å². The Hall–Kier alpha value is -4.27. The maximum Gasteiger partial charge on any atom is 0.303 e. The van der Waals surface area contributed by atoms with E-state index in [0.29, 0.717) is 32.1 Å². The van der Waals surface area contributed by atoms with Crippen molar-refractivity contribution in [1.82, 2.24) is 42.6 Å². The molecule has 0 saturated heterocycles. The van der Waals surface area contributed by atoms with Crippen molar-refractivity contribution in [2.75, 3.05) is 42.3 Å². The van der Waals surface area contributed by atoms with Gasteiger partial charge in [-0.25, -0.2) is 5.84 Å². The van der Waals surface area contributed by atoms with Crippen LogP contribution in [0.2, 0.25) is 0 Å². The lowest BCUT2D eigenvalue weighted by Crippen LogP contribution is -2.35. The third-order valence-corrected chi connectivity index (χ3v) is 8.02. The van der Waals surface area contributed by atoms with Gasteiger partial charge in [0.1, 0.15) is 28.9 Å². The van der Waals surface area contributed by atoms with E-state index in [1.54, 1.807) is 35.1 Å². The van der Waals surface area contributed by atoms with Crippen molar-refractivity contribution in [3.05, 3.63) is 12.8 Å². The number of Topliss-reactive ketones (excluding diaryl/α,β-unsaturated/α-hetero) is 5. The van der Waals surface area contributed by atoms with Gasteiger partial charge < -0.3 is 42.3 Å². The van der Waals surface area contributed by atoms with Gasteiger partial charge in [-0.15, -0.1) is 0 Å². The van der Waals surface area contributed by atoms with Gasteiger partial charge in [-0.2, -0.15) is 0 Å². The number of carboxylic acid groups (broad SMARTS) is 1. The zero-order valence-electron chi connectivity index (χ0n) is 37.1. The Kier molecular flexibility index (Phi) is 43.1. The van der Waals surface area contributed by atoms with E-state index >= 15 is 0 Å². The molecular formula is C38H75N9O10. The van der Waals surface area contributed by atoms with E-state index in [2.05, 4.69) is 50.7 Å². The van der Waals surface area contributed by atoms with Crippen LogP contribution in [0.25, 0.3) is 0 Å². The number of amides is 3. The van der Waals surface area contributed by atoms with Gasteiger partial charge in [-0.05, 0) is 108 Å². The van der Waals surface area contributed by atoms with Crippen molar-refractivity contribution in [1.29, 1.82) is 0 Å². The second-order valence-corrected chi connectivity index (χ2v) is 12.5. The average molecular weight is 819 g/mol. The van der Waals surface area contributed by atoms with E-state index in [-0.39, 0.29) is 103 Å².